The van der Waals surface area contributed by atoms with Gasteiger partial charge in [0.2, 0.25) is 0 Å². The Bertz CT molecular complexity index is 1700. The van der Waals surface area contributed by atoms with Crippen molar-refractivity contribution >= 4 is 61.0 Å². The van der Waals surface area contributed by atoms with Crippen LogP contribution in [-0.2, 0) is 26.2 Å². The Labute approximate surface area is 218 Å². The molecular formula is C28H21Cl2NO4S. The zero-order chi connectivity index (χ0) is 25.4. The van der Waals surface area contributed by atoms with Crippen molar-refractivity contribution in [2.75, 3.05) is 0 Å². The predicted molar refractivity (Wildman–Crippen MR) is 143 cm³/mol. The summed E-state index contributed by atoms with van der Waals surface area (Å²) in [4.78, 5) is 12.9. The molecule has 5 nitrogen and oxygen atoms in total. The number of benzene rings is 4. The van der Waals surface area contributed by atoms with E-state index in [4.69, 9.17) is 27.9 Å². The van der Waals surface area contributed by atoms with Crippen LogP contribution in [-0.4, -0.2) is 18.4 Å². The molecule has 8 heteroatoms. The van der Waals surface area contributed by atoms with Crippen LogP contribution in [0.1, 0.15) is 24.0 Å². The minimum atomic E-state index is -3.99. The summed E-state index contributed by atoms with van der Waals surface area (Å²) in [6.45, 7) is 1.90. The van der Waals surface area contributed by atoms with Crippen LogP contribution in [0.5, 0.6) is 0 Å². The number of hydrogen-bond donors (Lipinski definition) is 0. The van der Waals surface area contributed by atoms with Gasteiger partial charge in [-0.2, -0.15) is 0 Å². The number of fused-ring (bicyclic) bond motifs is 3. The molecule has 182 valence electrons. The third kappa shape index (κ3) is 4.48. The molecule has 1 aromatic heterocycles. The van der Waals surface area contributed by atoms with E-state index >= 15 is 0 Å². The van der Waals surface area contributed by atoms with Gasteiger partial charge in [-0.05, 0) is 66.6 Å². The summed E-state index contributed by atoms with van der Waals surface area (Å²) < 4.78 is 34.4. The topological polar surface area (TPSA) is 65.4 Å². The molecule has 0 bridgehead atoms. The van der Waals surface area contributed by atoms with E-state index in [1.54, 1.807) is 31.2 Å². The Morgan fingerprint density at radius 1 is 0.833 bits per heavy atom. The molecule has 0 saturated carbocycles. The van der Waals surface area contributed by atoms with Gasteiger partial charge in [-0.1, -0.05) is 65.7 Å². The van der Waals surface area contributed by atoms with Crippen molar-refractivity contribution in [3.8, 4) is 0 Å². The lowest BCUT2D eigenvalue weighted by molar-refractivity contribution is -0.146. The largest absolute Gasteiger partial charge is 0.460 e. The van der Waals surface area contributed by atoms with Crippen LogP contribution in [0, 0.1) is 0 Å². The monoisotopic (exact) mass is 537 g/mol. The number of nitrogens with zero attached hydrogens (tertiary/aromatic N) is 1. The highest BCUT2D eigenvalue weighted by atomic mass is 35.5. The summed E-state index contributed by atoms with van der Waals surface area (Å²) in [6.07, 6.45) is 0. The Kier molecular flexibility index (Phi) is 6.51. The van der Waals surface area contributed by atoms with Crippen molar-refractivity contribution in [1.82, 2.24) is 3.97 Å². The molecule has 0 N–H and O–H groups in total. The van der Waals surface area contributed by atoms with Gasteiger partial charge in [0.1, 0.15) is 6.61 Å². The fourth-order valence-corrected chi connectivity index (χ4v) is 6.02. The Morgan fingerprint density at radius 3 is 2.25 bits per heavy atom. The van der Waals surface area contributed by atoms with E-state index in [9.17, 15) is 13.2 Å². The van der Waals surface area contributed by atoms with Crippen LogP contribution < -0.4 is 0 Å². The van der Waals surface area contributed by atoms with Gasteiger partial charge in [-0.25, -0.2) is 12.4 Å². The molecule has 0 aliphatic rings. The normalized spacial score (nSPS) is 12.6. The molecule has 1 atom stereocenters. The lowest BCUT2D eigenvalue weighted by atomic mass is 9.99. The smallest absolute Gasteiger partial charge is 0.313 e. The first-order chi connectivity index (χ1) is 17.3. The summed E-state index contributed by atoms with van der Waals surface area (Å²) in [7, 11) is -3.99. The van der Waals surface area contributed by atoms with Gasteiger partial charge < -0.3 is 4.74 Å². The van der Waals surface area contributed by atoms with Gasteiger partial charge in [-0.15, -0.1) is 0 Å². The maximum Gasteiger partial charge on any atom is 0.313 e. The summed E-state index contributed by atoms with van der Waals surface area (Å²) in [5.74, 6) is -1.00. The number of halogens is 2. The van der Waals surface area contributed by atoms with Gasteiger partial charge in [0.25, 0.3) is 10.0 Å². The van der Waals surface area contributed by atoms with E-state index in [0.29, 0.717) is 37.4 Å². The van der Waals surface area contributed by atoms with Gasteiger partial charge >= 0.3 is 5.97 Å². The maximum atomic E-state index is 13.8. The number of aromatic nitrogens is 1. The highest BCUT2D eigenvalue weighted by Crippen LogP contribution is 2.36. The molecule has 1 heterocycles. The Hall–Kier alpha value is -3.32. The van der Waals surface area contributed by atoms with Crippen molar-refractivity contribution in [1.29, 1.82) is 0 Å². The molecule has 0 amide bonds. The van der Waals surface area contributed by atoms with Crippen molar-refractivity contribution in [2.45, 2.75) is 24.3 Å². The minimum Gasteiger partial charge on any atom is -0.460 e. The maximum absolute atomic E-state index is 13.8. The molecule has 0 radical (unpaired) electrons. The Balaban J connectivity index is 1.60. The molecule has 5 aromatic rings. The van der Waals surface area contributed by atoms with Crippen molar-refractivity contribution in [3.63, 3.8) is 0 Å². The third-order valence-corrected chi connectivity index (χ3v) is 8.37. The van der Waals surface area contributed by atoms with E-state index in [1.165, 1.54) is 28.2 Å². The van der Waals surface area contributed by atoms with Crippen LogP contribution in [0.25, 0.3) is 21.8 Å². The first kappa shape index (κ1) is 24.4. The van der Waals surface area contributed by atoms with E-state index < -0.39 is 21.9 Å². The molecule has 0 fully saturated rings. The number of rotatable bonds is 6. The lowest BCUT2D eigenvalue weighted by Crippen LogP contribution is -2.14. The number of carbonyl (C=O) groups excluding carboxylic acids is 1. The second-order valence-electron chi connectivity index (χ2n) is 8.48. The minimum absolute atomic E-state index is 0.0985. The Morgan fingerprint density at radius 2 is 1.53 bits per heavy atom. The number of ether oxygens (including phenoxy) is 1. The standard InChI is InChI=1S/C28H21Cl2NO4S/c1-18(28(32)35-17-19-5-3-2-4-6-19)20-7-13-24-25-16-22(30)10-14-26(25)31(27(24)15-20)36(33,34)23-11-8-21(29)9-12-23/h2-16,18H,17H2,1H3. The molecule has 36 heavy (non-hydrogen) atoms. The van der Waals surface area contributed by atoms with Crippen LogP contribution >= 0.6 is 23.2 Å². The average Bonchev–Trinajstić information content (AvgIpc) is 3.21. The average molecular weight is 538 g/mol. The fraction of sp³-hybridized carbons (Fsp3) is 0.107. The van der Waals surface area contributed by atoms with Gasteiger partial charge in [0, 0.05) is 20.8 Å². The quantitative estimate of drug-likeness (QED) is 0.215. The molecule has 0 aliphatic heterocycles. The SMILES string of the molecule is CC(C(=O)OCc1ccccc1)c1ccc2c3cc(Cl)ccc3n(S(=O)(=O)c3ccc(Cl)cc3)c2c1. The van der Waals surface area contributed by atoms with Gasteiger partial charge in [0.05, 0.1) is 21.8 Å². The zero-order valence-corrected chi connectivity index (χ0v) is 21.5. The second-order valence-corrected chi connectivity index (χ2v) is 11.1. The van der Waals surface area contributed by atoms with E-state index in [2.05, 4.69) is 0 Å². The summed E-state index contributed by atoms with van der Waals surface area (Å²) in [5, 5.41) is 2.33. The lowest BCUT2D eigenvalue weighted by Gasteiger charge is -2.14. The number of hydrogen-bond acceptors (Lipinski definition) is 4. The molecule has 0 spiro atoms. The highest BCUT2D eigenvalue weighted by molar-refractivity contribution is 7.90. The van der Waals surface area contributed by atoms with Crippen LogP contribution in [0.3, 0.4) is 0 Å². The molecule has 5 rings (SSSR count). The van der Waals surface area contributed by atoms with E-state index in [1.807, 2.05) is 42.5 Å². The molecule has 0 saturated heterocycles. The van der Waals surface area contributed by atoms with E-state index in [0.717, 1.165) is 5.56 Å². The van der Waals surface area contributed by atoms with Crippen molar-refractivity contribution < 1.29 is 17.9 Å². The van der Waals surface area contributed by atoms with Crippen LogP contribution in [0.15, 0.2) is 95.9 Å². The first-order valence-electron chi connectivity index (χ1n) is 11.2. The third-order valence-electron chi connectivity index (χ3n) is 6.14. The van der Waals surface area contributed by atoms with Gasteiger partial charge in [0.15, 0.2) is 0 Å². The zero-order valence-electron chi connectivity index (χ0n) is 19.2. The first-order valence-corrected chi connectivity index (χ1v) is 13.4. The molecule has 1 unspecified atom stereocenters. The molecular weight excluding hydrogens is 517 g/mol. The summed E-state index contributed by atoms with van der Waals surface area (Å²) in [5.41, 5.74) is 2.46. The van der Waals surface area contributed by atoms with Crippen molar-refractivity contribution in [3.05, 3.63) is 112 Å². The van der Waals surface area contributed by atoms with Gasteiger partial charge in [-0.3, -0.25) is 4.79 Å². The molecule has 4 aromatic carbocycles. The predicted octanol–water partition coefficient (Wildman–Crippen LogP) is 7.19. The summed E-state index contributed by atoms with van der Waals surface area (Å²) >= 11 is 12.2. The number of esters is 1. The van der Waals surface area contributed by atoms with Crippen LogP contribution in [0.4, 0.5) is 0 Å². The van der Waals surface area contributed by atoms with Crippen LogP contribution in [0.2, 0.25) is 10.0 Å². The van der Waals surface area contributed by atoms with Crippen molar-refractivity contribution in [2.24, 2.45) is 0 Å². The second kappa shape index (κ2) is 9.62. The van der Waals surface area contributed by atoms with E-state index in [-0.39, 0.29) is 11.5 Å². The summed E-state index contributed by atoms with van der Waals surface area (Å²) in [6, 6.07) is 25.9. The fourth-order valence-electron chi connectivity index (χ4n) is 4.21. The highest BCUT2D eigenvalue weighted by Gasteiger charge is 2.25. The number of carbonyl (C=O) groups is 1. The molecule has 0 aliphatic carbocycles.